The number of benzene rings is 3. The van der Waals surface area contributed by atoms with E-state index in [1.54, 1.807) is 12.1 Å². The molecule has 1 saturated heterocycles. The van der Waals surface area contributed by atoms with Gasteiger partial charge in [-0.3, -0.25) is 0 Å². The van der Waals surface area contributed by atoms with Crippen LogP contribution in [0.3, 0.4) is 0 Å². The van der Waals surface area contributed by atoms with Crippen molar-refractivity contribution in [2.75, 3.05) is 18.8 Å². The van der Waals surface area contributed by atoms with Gasteiger partial charge in [0.1, 0.15) is 17.7 Å². The highest BCUT2D eigenvalue weighted by Crippen LogP contribution is 2.21. The highest BCUT2D eigenvalue weighted by molar-refractivity contribution is 5.74. The van der Waals surface area contributed by atoms with Gasteiger partial charge >= 0.3 is 6.03 Å². The van der Waals surface area contributed by atoms with Crippen LogP contribution >= 0.6 is 0 Å². The van der Waals surface area contributed by atoms with Gasteiger partial charge < -0.3 is 20.7 Å². The average Bonchev–Trinajstić information content (AvgIpc) is 2.80. The van der Waals surface area contributed by atoms with Crippen LogP contribution in [0.4, 0.5) is 14.9 Å². The first kappa shape index (κ1) is 20.7. The quantitative estimate of drug-likeness (QED) is 0.582. The summed E-state index contributed by atoms with van der Waals surface area (Å²) in [6.07, 6.45) is 1.70. The number of ether oxygens (including phenoxy) is 1. The molecule has 6 heteroatoms. The second kappa shape index (κ2) is 9.51. The largest absolute Gasteiger partial charge is 0.490 e. The monoisotopic (exact) mass is 419 g/mol. The number of carbonyl (C=O) groups is 1. The van der Waals surface area contributed by atoms with Crippen molar-refractivity contribution in [1.29, 1.82) is 0 Å². The number of urea groups is 1. The molecular weight excluding hydrogens is 393 g/mol. The van der Waals surface area contributed by atoms with Crippen molar-refractivity contribution in [2.45, 2.75) is 25.5 Å². The van der Waals surface area contributed by atoms with Crippen LogP contribution in [0.25, 0.3) is 11.1 Å². The number of carbonyl (C=O) groups excluding carboxylic acids is 1. The SMILES string of the molecule is Nc1ccc(OC2CCN(C(=O)NCc3ccc(-c4ccc(F)cc4)cc3)CC2)cc1. The Balaban J connectivity index is 1.23. The zero-order valence-electron chi connectivity index (χ0n) is 17.3. The van der Waals surface area contributed by atoms with Crippen LogP contribution < -0.4 is 15.8 Å². The van der Waals surface area contributed by atoms with E-state index in [0.29, 0.717) is 25.3 Å². The van der Waals surface area contributed by atoms with Crippen molar-refractivity contribution >= 4 is 11.7 Å². The number of likely N-dealkylation sites (tertiary alicyclic amines) is 1. The molecule has 0 aliphatic carbocycles. The van der Waals surface area contributed by atoms with Crippen LogP contribution in [0.1, 0.15) is 18.4 Å². The molecule has 0 spiro atoms. The molecule has 31 heavy (non-hydrogen) atoms. The number of halogens is 1. The third-order valence-corrected chi connectivity index (χ3v) is 5.49. The lowest BCUT2D eigenvalue weighted by Gasteiger charge is -2.32. The summed E-state index contributed by atoms with van der Waals surface area (Å²) in [4.78, 5) is 14.3. The minimum absolute atomic E-state index is 0.0615. The number of nitrogens with one attached hydrogen (secondary N) is 1. The molecule has 0 aromatic heterocycles. The average molecular weight is 420 g/mol. The van der Waals surface area contributed by atoms with E-state index in [1.165, 1.54) is 12.1 Å². The van der Waals surface area contributed by atoms with E-state index in [2.05, 4.69) is 5.32 Å². The molecule has 1 heterocycles. The minimum Gasteiger partial charge on any atom is -0.490 e. The van der Waals surface area contributed by atoms with Crippen molar-refractivity contribution in [3.05, 3.63) is 84.2 Å². The van der Waals surface area contributed by atoms with Crippen LogP contribution in [0.2, 0.25) is 0 Å². The second-order valence-corrected chi connectivity index (χ2v) is 7.74. The molecule has 2 amide bonds. The maximum Gasteiger partial charge on any atom is 0.317 e. The topological polar surface area (TPSA) is 67.6 Å². The predicted octanol–water partition coefficient (Wildman–Crippen LogP) is 4.83. The van der Waals surface area contributed by atoms with Crippen molar-refractivity contribution in [3.63, 3.8) is 0 Å². The summed E-state index contributed by atoms with van der Waals surface area (Å²) in [6, 6.07) is 21.7. The van der Waals surface area contributed by atoms with Crippen molar-refractivity contribution < 1.29 is 13.9 Å². The zero-order chi connectivity index (χ0) is 21.6. The van der Waals surface area contributed by atoms with Crippen LogP contribution in [-0.2, 0) is 6.54 Å². The van der Waals surface area contributed by atoms with Gasteiger partial charge in [-0.15, -0.1) is 0 Å². The molecule has 3 aromatic rings. The second-order valence-electron chi connectivity index (χ2n) is 7.74. The number of nitrogens with two attached hydrogens (primary N) is 1. The molecular formula is C25H26FN3O2. The summed E-state index contributed by atoms with van der Waals surface area (Å²) in [6.45, 7) is 1.79. The Labute approximate surface area is 181 Å². The van der Waals surface area contributed by atoms with Crippen LogP contribution in [-0.4, -0.2) is 30.1 Å². The Morgan fingerprint density at radius 3 is 2.13 bits per heavy atom. The molecule has 3 N–H and O–H groups in total. The molecule has 0 atom stereocenters. The number of rotatable bonds is 5. The first-order chi connectivity index (χ1) is 15.1. The molecule has 1 aliphatic rings. The summed E-state index contributed by atoms with van der Waals surface area (Å²) in [7, 11) is 0. The number of hydrogen-bond donors (Lipinski definition) is 2. The van der Waals surface area contributed by atoms with E-state index in [0.717, 1.165) is 35.3 Å². The molecule has 1 aliphatic heterocycles. The Morgan fingerprint density at radius 1 is 0.935 bits per heavy atom. The van der Waals surface area contributed by atoms with E-state index < -0.39 is 0 Å². The number of piperidine rings is 1. The molecule has 5 nitrogen and oxygen atoms in total. The Morgan fingerprint density at radius 2 is 1.52 bits per heavy atom. The smallest absolute Gasteiger partial charge is 0.317 e. The molecule has 0 bridgehead atoms. The summed E-state index contributed by atoms with van der Waals surface area (Å²) in [5.41, 5.74) is 9.40. The molecule has 0 radical (unpaired) electrons. The lowest BCUT2D eigenvalue weighted by Crippen LogP contribution is -2.46. The molecule has 0 saturated carbocycles. The summed E-state index contributed by atoms with van der Waals surface area (Å²) < 4.78 is 19.1. The van der Waals surface area contributed by atoms with E-state index in [-0.39, 0.29) is 18.0 Å². The third-order valence-electron chi connectivity index (χ3n) is 5.49. The van der Waals surface area contributed by atoms with Gasteiger partial charge in [0, 0.05) is 38.2 Å². The Kier molecular flexibility index (Phi) is 6.36. The minimum atomic E-state index is -0.246. The molecule has 3 aromatic carbocycles. The number of anilines is 1. The van der Waals surface area contributed by atoms with Crippen LogP contribution in [0.5, 0.6) is 5.75 Å². The first-order valence-electron chi connectivity index (χ1n) is 10.5. The predicted molar refractivity (Wildman–Crippen MR) is 120 cm³/mol. The fourth-order valence-corrected chi connectivity index (χ4v) is 3.66. The Hall–Kier alpha value is -3.54. The van der Waals surface area contributed by atoms with Gasteiger partial charge in [-0.1, -0.05) is 36.4 Å². The highest BCUT2D eigenvalue weighted by atomic mass is 19.1. The van der Waals surface area contributed by atoms with Gasteiger partial charge in [-0.25, -0.2) is 9.18 Å². The molecule has 0 unspecified atom stereocenters. The third kappa shape index (κ3) is 5.54. The molecule has 160 valence electrons. The van der Waals surface area contributed by atoms with Gasteiger partial charge in [-0.2, -0.15) is 0 Å². The van der Waals surface area contributed by atoms with Gasteiger partial charge in [0.15, 0.2) is 0 Å². The van der Waals surface area contributed by atoms with Crippen molar-refractivity contribution in [2.24, 2.45) is 0 Å². The van der Waals surface area contributed by atoms with Crippen molar-refractivity contribution in [3.8, 4) is 16.9 Å². The summed E-state index contributed by atoms with van der Waals surface area (Å²) in [5, 5.41) is 2.99. The maximum absolute atomic E-state index is 13.1. The van der Waals surface area contributed by atoms with Crippen molar-refractivity contribution in [1.82, 2.24) is 10.2 Å². The van der Waals surface area contributed by atoms with Gasteiger partial charge in [-0.05, 0) is 53.1 Å². The number of nitrogen functional groups attached to an aromatic ring is 1. The van der Waals surface area contributed by atoms with Gasteiger partial charge in [0.05, 0.1) is 0 Å². The van der Waals surface area contributed by atoms with E-state index in [1.807, 2.05) is 53.4 Å². The van der Waals surface area contributed by atoms with Gasteiger partial charge in [0.2, 0.25) is 0 Å². The Bertz CT molecular complexity index is 996. The maximum atomic E-state index is 13.1. The van der Waals surface area contributed by atoms with Crippen LogP contribution in [0, 0.1) is 5.82 Å². The summed E-state index contributed by atoms with van der Waals surface area (Å²) >= 11 is 0. The number of nitrogens with zero attached hydrogens (tertiary/aromatic N) is 1. The standard InChI is InChI=1S/C25H26FN3O2/c26-21-7-5-20(6-8-21)19-3-1-18(2-4-19)17-28-25(30)29-15-13-24(14-16-29)31-23-11-9-22(27)10-12-23/h1-12,24H,13-17,27H2,(H,28,30). The van der Waals surface area contributed by atoms with Crippen LogP contribution in [0.15, 0.2) is 72.8 Å². The lowest BCUT2D eigenvalue weighted by atomic mass is 10.0. The highest BCUT2D eigenvalue weighted by Gasteiger charge is 2.23. The van der Waals surface area contributed by atoms with Gasteiger partial charge in [0.25, 0.3) is 0 Å². The molecule has 4 rings (SSSR count). The number of hydrogen-bond acceptors (Lipinski definition) is 3. The molecule has 1 fully saturated rings. The number of amides is 2. The first-order valence-corrected chi connectivity index (χ1v) is 10.5. The van der Waals surface area contributed by atoms with E-state index in [4.69, 9.17) is 10.5 Å². The fourth-order valence-electron chi connectivity index (χ4n) is 3.66. The van der Waals surface area contributed by atoms with E-state index >= 15 is 0 Å². The van der Waals surface area contributed by atoms with E-state index in [9.17, 15) is 9.18 Å². The summed E-state index contributed by atoms with van der Waals surface area (Å²) in [5.74, 6) is 0.560. The fraction of sp³-hybridized carbons (Fsp3) is 0.240. The normalized spacial score (nSPS) is 14.3. The zero-order valence-corrected chi connectivity index (χ0v) is 17.3. The lowest BCUT2D eigenvalue weighted by molar-refractivity contribution is 0.111.